The maximum atomic E-state index is 12.9. The summed E-state index contributed by atoms with van der Waals surface area (Å²) in [5.41, 5.74) is 1.57. The van der Waals surface area contributed by atoms with Gasteiger partial charge in [0.1, 0.15) is 40.4 Å². The van der Waals surface area contributed by atoms with Crippen LogP contribution < -0.4 is 4.74 Å². The number of carbonyl (C=O) groups is 1. The number of benzene rings is 2. The Morgan fingerprint density at radius 3 is 2.42 bits per heavy atom. The number of Topliss-reactive ketones (excluding diaryl/α,β-unsaturated/α-hetero) is 1. The second-order valence-corrected chi connectivity index (χ2v) is 8.67. The van der Waals surface area contributed by atoms with Crippen LogP contribution in [0.3, 0.4) is 0 Å². The van der Waals surface area contributed by atoms with Crippen LogP contribution in [0.5, 0.6) is 28.7 Å². The van der Waals surface area contributed by atoms with Gasteiger partial charge in [0.05, 0.1) is 6.42 Å². The first kappa shape index (κ1) is 22.3. The van der Waals surface area contributed by atoms with Crippen molar-refractivity contribution in [2.45, 2.75) is 52.1 Å². The van der Waals surface area contributed by atoms with Crippen LogP contribution in [0.15, 0.2) is 42.5 Å². The van der Waals surface area contributed by atoms with E-state index in [1.54, 1.807) is 12.1 Å². The molecule has 31 heavy (non-hydrogen) atoms. The highest BCUT2D eigenvalue weighted by Crippen LogP contribution is 2.47. The zero-order chi connectivity index (χ0) is 23.1. The molecule has 0 saturated carbocycles. The molecule has 6 nitrogen and oxygen atoms in total. The minimum absolute atomic E-state index is 0.0242. The molecule has 0 fully saturated rings. The second-order valence-electron chi connectivity index (χ2n) is 8.67. The lowest BCUT2D eigenvalue weighted by Crippen LogP contribution is -2.22. The number of aromatic hydroxyl groups is 4. The zero-order valence-electron chi connectivity index (χ0n) is 18.2. The summed E-state index contributed by atoms with van der Waals surface area (Å²) in [4.78, 5) is 12.9. The molecule has 0 radical (unpaired) electrons. The lowest BCUT2D eigenvalue weighted by atomic mass is 9.82. The fourth-order valence-corrected chi connectivity index (χ4v) is 3.66. The zero-order valence-corrected chi connectivity index (χ0v) is 18.2. The molecule has 1 atom stereocenters. The van der Waals surface area contributed by atoms with E-state index < -0.39 is 11.5 Å². The highest BCUT2D eigenvalue weighted by atomic mass is 16.5. The van der Waals surface area contributed by atoms with Crippen molar-refractivity contribution in [1.29, 1.82) is 0 Å². The summed E-state index contributed by atoms with van der Waals surface area (Å²) in [5, 5.41) is 41.8. The van der Waals surface area contributed by atoms with Gasteiger partial charge in [-0.05, 0) is 26.3 Å². The molecule has 164 valence electrons. The Kier molecular flexibility index (Phi) is 5.77. The van der Waals surface area contributed by atoms with E-state index >= 15 is 0 Å². The van der Waals surface area contributed by atoms with Crippen LogP contribution >= 0.6 is 0 Å². The van der Waals surface area contributed by atoms with Crippen molar-refractivity contribution in [1.82, 2.24) is 0 Å². The van der Waals surface area contributed by atoms with Gasteiger partial charge >= 0.3 is 0 Å². The van der Waals surface area contributed by atoms with Gasteiger partial charge in [-0.2, -0.15) is 0 Å². The number of phenolic OH excluding ortho intramolecular Hbond substituents is 4. The van der Waals surface area contributed by atoms with Crippen LogP contribution in [0.25, 0.3) is 0 Å². The van der Waals surface area contributed by atoms with Gasteiger partial charge in [0.25, 0.3) is 0 Å². The van der Waals surface area contributed by atoms with Gasteiger partial charge in [0, 0.05) is 34.2 Å². The van der Waals surface area contributed by atoms with Gasteiger partial charge in [-0.3, -0.25) is 4.79 Å². The normalized spacial score (nSPS) is 15.7. The molecule has 0 amide bonds. The van der Waals surface area contributed by atoms with Gasteiger partial charge in [-0.25, -0.2) is 0 Å². The van der Waals surface area contributed by atoms with Gasteiger partial charge in [0.2, 0.25) is 0 Å². The van der Waals surface area contributed by atoms with E-state index in [4.69, 9.17) is 4.74 Å². The minimum Gasteiger partial charge on any atom is -0.507 e. The molecule has 2 aromatic rings. The first-order chi connectivity index (χ1) is 14.5. The predicted molar refractivity (Wildman–Crippen MR) is 118 cm³/mol. The van der Waals surface area contributed by atoms with Crippen LogP contribution in [0.2, 0.25) is 0 Å². The van der Waals surface area contributed by atoms with E-state index in [0.29, 0.717) is 11.1 Å². The average molecular weight is 424 g/mol. The largest absolute Gasteiger partial charge is 0.507 e. The van der Waals surface area contributed by atoms with Crippen molar-refractivity contribution in [2.24, 2.45) is 0 Å². The maximum Gasteiger partial charge on any atom is 0.174 e. The topological polar surface area (TPSA) is 107 Å². The van der Waals surface area contributed by atoms with E-state index in [-0.39, 0.29) is 58.5 Å². The van der Waals surface area contributed by atoms with Crippen molar-refractivity contribution in [3.05, 3.63) is 64.8 Å². The molecule has 4 N–H and O–H groups in total. The lowest BCUT2D eigenvalue weighted by Gasteiger charge is -2.29. The van der Waals surface area contributed by atoms with E-state index in [1.807, 2.05) is 33.8 Å². The Labute approximate surface area is 181 Å². The maximum absolute atomic E-state index is 12.9. The molecule has 0 unspecified atom stereocenters. The Hall–Kier alpha value is -3.41. The molecular weight excluding hydrogens is 396 g/mol. The molecule has 0 spiro atoms. The van der Waals surface area contributed by atoms with Crippen molar-refractivity contribution in [2.75, 3.05) is 0 Å². The van der Waals surface area contributed by atoms with E-state index in [9.17, 15) is 25.2 Å². The van der Waals surface area contributed by atoms with Gasteiger partial charge in [-0.1, -0.05) is 31.6 Å². The number of hydrogen-bond acceptors (Lipinski definition) is 6. The fraction of sp³-hybridized carbons (Fsp3) is 0.320. The van der Waals surface area contributed by atoms with Crippen molar-refractivity contribution < 1.29 is 30.0 Å². The molecule has 0 aromatic heterocycles. The third-order valence-corrected chi connectivity index (χ3v) is 5.68. The van der Waals surface area contributed by atoms with E-state index in [2.05, 4.69) is 6.58 Å². The van der Waals surface area contributed by atoms with Crippen LogP contribution in [-0.2, 0) is 11.8 Å². The monoisotopic (exact) mass is 424 g/mol. The molecule has 0 saturated heterocycles. The summed E-state index contributed by atoms with van der Waals surface area (Å²) in [7, 11) is 0. The molecule has 3 rings (SSSR count). The smallest absolute Gasteiger partial charge is 0.174 e. The molecule has 6 heteroatoms. The standard InChI is InChI=1S/C25H28O6/c1-6-25(4,5)16-9-15(17(26)10-19(16)28)21-12-20(29)23-22(31-21)11-18(27)14(24(23)30)8-7-13(2)3/h6-7,9-11,21,26-28,30H,1,8,12H2,2-5H3/t21-/m1/s1. The molecular formula is C25H28O6. The Morgan fingerprint density at radius 1 is 1.13 bits per heavy atom. The lowest BCUT2D eigenvalue weighted by molar-refractivity contribution is 0.0841. The first-order valence-electron chi connectivity index (χ1n) is 10.1. The predicted octanol–water partition coefficient (Wildman–Crippen LogP) is 5.19. The molecule has 0 bridgehead atoms. The molecule has 2 aromatic carbocycles. The SMILES string of the molecule is C=CC(C)(C)c1cc([C@H]2CC(=O)c3c(cc(O)c(CC=C(C)C)c3O)O2)c(O)cc1O. The quantitative estimate of drug-likeness (QED) is 0.492. The molecule has 0 aliphatic carbocycles. The fourth-order valence-electron chi connectivity index (χ4n) is 3.66. The highest BCUT2D eigenvalue weighted by Gasteiger charge is 2.35. The van der Waals surface area contributed by atoms with Gasteiger partial charge < -0.3 is 25.2 Å². The number of rotatable bonds is 5. The second kappa shape index (κ2) is 8.02. The Balaban J connectivity index is 2.06. The number of allylic oxidation sites excluding steroid dienone is 3. The van der Waals surface area contributed by atoms with Crippen molar-refractivity contribution in [3.63, 3.8) is 0 Å². The van der Waals surface area contributed by atoms with Crippen LogP contribution in [0.4, 0.5) is 0 Å². The van der Waals surface area contributed by atoms with E-state index in [0.717, 1.165) is 5.57 Å². The minimum atomic E-state index is -0.845. The number of ether oxygens (including phenoxy) is 1. The summed E-state index contributed by atoms with van der Waals surface area (Å²) < 4.78 is 5.93. The van der Waals surface area contributed by atoms with Crippen LogP contribution in [0.1, 0.15) is 67.3 Å². The van der Waals surface area contributed by atoms with Gasteiger partial charge in [0.15, 0.2) is 5.78 Å². The van der Waals surface area contributed by atoms with Crippen molar-refractivity contribution >= 4 is 5.78 Å². The molecule has 1 aliphatic heterocycles. The molecule has 1 heterocycles. The number of ketones is 1. The third kappa shape index (κ3) is 4.10. The highest BCUT2D eigenvalue weighted by molar-refractivity contribution is 6.03. The average Bonchev–Trinajstić information content (AvgIpc) is 2.66. The van der Waals surface area contributed by atoms with Crippen LogP contribution in [0, 0.1) is 0 Å². The third-order valence-electron chi connectivity index (χ3n) is 5.68. The van der Waals surface area contributed by atoms with Crippen molar-refractivity contribution in [3.8, 4) is 28.7 Å². The number of carbonyl (C=O) groups excluding carboxylic acids is 1. The first-order valence-corrected chi connectivity index (χ1v) is 10.1. The Bertz CT molecular complexity index is 1090. The summed E-state index contributed by atoms with van der Waals surface area (Å²) in [6.07, 6.45) is 2.84. The molecule has 1 aliphatic rings. The number of hydrogen-bond donors (Lipinski definition) is 4. The van der Waals surface area contributed by atoms with E-state index in [1.165, 1.54) is 12.1 Å². The van der Waals surface area contributed by atoms with Crippen LogP contribution in [-0.4, -0.2) is 26.2 Å². The number of phenols is 4. The summed E-state index contributed by atoms with van der Waals surface area (Å²) in [6.45, 7) is 11.3. The summed E-state index contributed by atoms with van der Waals surface area (Å²) >= 11 is 0. The summed E-state index contributed by atoms with van der Waals surface area (Å²) in [5.74, 6) is -1.08. The Morgan fingerprint density at radius 2 is 1.81 bits per heavy atom. The summed E-state index contributed by atoms with van der Waals surface area (Å²) in [6, 6.07) is 4.13. The van der Waals surface area contributed by atoms with Gasteiger partial charge in [-0.15, -0.1) is 6.58 Å². The number of fused-ring (bicyclic) bond motifs is 1.